The standard InChI is InChI=1S/C16H18FNO6/c1-4-23-14(19)9-13(16(21)24-5-2)18-12-8-10(15(20)22-3)6-7-11(12)17/h6-9,18H,4-5H2,1-3H3. The molecule has 24 heavy (non-hydrogen) atoms. The molecule has 0 radical (unpaired) electrons. The van der Waals surface area contributed by atoms with Crippen molar-refractivity contribution in [2.45, 2.75) is 13.8 Å². The highest BCUT2D eigenvalue weighted by atomic mass is 19.1. The number of methoxy groups -OCH3 is 1. The van der Waals surface area contributed by atoms with Crippen molar-refractivity contribution < 1.29 is 33.0 Å². The van der Waals surface area contributed by atoms with Crippen LogP contribution in [0.5, 0.6) is 0 Å². The zero-order valence-electron chi connectivity index (χ0n) is 13.6. The fourth-order valence-electron chi connectivity index (χ4n) is 1.67. The monoisotopic (exact) mass is 339 g/mol. The summed E-state index contributed by atoms with van der Waals surface area (Å²) in [4.78, 5) is 35.0. The molecule has 130 valence electrons. The van der Waals surface area contributed by atoms with Crippen molar-refractivity contribution in [2.24, 2.45) is 0 Å². The molecule has 0 unspecified atom stereocenters. The van der Waals surface area contributed by atoms with Crippen molar-refractivity contribution in [3.05, 3.63) is 41.4 Å². The third-order valence-electron chi connectivity index (χ3n) is 2.70. The summed E-state index contributed by atoms with van der Waals surface area (Å²) in [5, 5.41) is 2.44. The Bertz CT molecular complexity index is 656. The van der Waals surface area contributed by atoms with Gasteiger partial charge in [0.25, 0.3) is 0 Å². The van der Waals surface area contributed by atoms with Gasteiger partial charge >= 0.3 is 17.9 Å². The van der Waals surface area contributed by atoms with Gasteiger partial charge in [0.1, 0.15) is 11.5 Å². The maximum Gasteiger partial charge on any atom is 0.355 e. The molecule has 0 bridgehead atoms. The molecule has 0 aliphatic rings. The summed E-state index contributed by atoms with van der Waals surface area (Å²) in [7, 11) is 1.18. The fourth-order valence-corrected chi connectivity index (χ4v) is 1.67. The van der Waals surface area contributed by atoms with E-state index >= 15 is 0 Å². The Hall–Kier alpha value is -2.90. The number of anilines is 1. The first-order chi connectivity index (χ1) is 11.4. The Morgan fingerprint density at radius 3 is 2.42 bits per heavy atom. The van der Waals surface area contributed by atoms with Crippen LogP contribution in [0.25, 0.3) is 0 Å². The molecule has 0 atom stereocenters. The first-order valence-corrected chi connectivity index (χ1v) is 7.13. The van der Waals surface area contributed by atoms with Crippen LogP contribution >= 0.6 is 0 Å². The Morgan fingerprint density at radius 2 is 1.83 bits per heavy atom. The molecule has 1 rings (SSSR count). The molecule has 7 nitrogen and oxygen atoms in total. The van der Waals surface area contributed by atoms with Gasteiger partial charge in [-0.25, -0.2) is 18.8 Å². The molecule has 1 aromatic rings. The van der Waals surface area contributed by atoms with Crippen LogP contribution < -0.4 is 5.32 Å². The molecular formula is C16H18FNO6. The molecule has 1 N–H and O–H groups in total. The summed E-state index contributed by atoms with van der Waals surface area (Å²) in [6.45, 7) is 3.35. The number of rotatable bonds is 7. The lowest BCUT2D eigenvalue weighted by molar-refractivity contribution is -0.140. The summed E-state index contributed by atoms with van der Waals surface area (Å²) >= 11 is 0. The molecule has 8 heteroatoms. The Labute approximate surface area is 138 Å². The van der Waals surface area contributed by atoms with Crippen LogP contribution in [0, 0.1) is 5.82 Å². The average Bonchev–Trinajstić information content (AvgIpc) is 2.55. The number of carbonyl (C=O) groups is 3. The molecule has 1 aromatic carbocycles. The summed E-state index contributed by atoms with van der Waals surface area (Å²) in [6.07, 6.45) is 0.853. The molecule has 0 saturated carbocycles. The lowest BCUT2D eigenvalue weighted by atomic mass is 10.2. The van der Waals surface area contributed by atoms with Crippen LogP contribution in [-0.4, -0.2) is 38.2 Å². The molecule has 0 heterocycles. The largest absolute Gasteiger partial charge is 0.465 e. The molecule has 0 aromatic heterocycles. The van der Waals surface area contributed by atoms with Crippen LogP contribution in [0.1, 0.15) is 24.2 Å². The summed E-state index contributed by atoms with van der Waals surface area (Å²) < 4.78 is 28.0. The zero-order valence-corrected chi connectivity index (χ0v) is 13.6. The van der Waals surface area contributed by atoms with Gasteiger partial charge in [0, 0.05) is 0 Å². The van der Waals surface area contributed by atoms with E-state index in [1.807, 2.05) is 0 Å². The van der Waals surface area contributed by atoms with Crippen molar-refractivity contribution in [1.82, 2.24) is 0 Å². The number of hydrogen-bond acceptors (Lipinski definition) is 7. The second-order valence-corrected chi connectivity index (χ2v) is 4.34. The van der Waals surface area contributed by atoms with Gasteiger partial charge in [-0.05, 0) is 32.0 Å². The van der Waals surface area contributed by atoms with Gasteiger partial charge in [-0.15, -0.1) is 0 Å². The van der Waals surface area contributed by atoms with Gasteiger partial charge < -0.3 is 19.5 Å². The Balaban J connectivity index is 3.16. The van der Waals surface area contributed by atoms with E-state index in [9.17, 15) is 18.8 Å². The minimum Gasteiger partial charge on any atom is -0.465 e. The summed E-state index contributed by atoms with van der Waals surface area (Å²) in [5.41, 5.74) is -0.446. The van der Waals surface area contributed by atoms with E-state index < -0.39 is 23.7 Å². The minimum atomic E-state index is -0.867. The van der Waals surface area contributed by atoms with Crippen LogP contribution in [0.4, 0.5) is 10.1 Å². The summed E-state index contributed by atoms with van der Waals surface area (Å²) in [6, 6.07) is 3.41. The number of carbonyl (C=O) groups excluding carboxylic acids is 3. The average molecular weight is 339 g/mol. The lowest BCUT2D eigenvalue weighted by Crippen LogP contribution is -2.18. The van der Waals surface area contributed by atoms with Gasteiger partial charge in [-0.2, -0.15) is 0 Å². The Kier molecular flexibility index (Phi) is 7.41. The maximum atomic E-state index is 13.9. The van der Waals surface area contributed by atoms with Crippen molar-refractivity contribution in [1.29, 1.82) is 0 Å². The predicted molar refractivity (Wildman–Crippen MR) is 82.7 cm³/mol. The van der Waals surface area contributed by atoms with E-state index in [1.54, 1.807) is 13.8 Å². The predicted octanol–water partition coefficient (Wildman–Crippen LogP) is 2.03. The quantitative estimate of drug-likeness (QED) is 0.462. The second-order valence-electron chi connectivity index (χ2n) is 4.34. The Morgan fingerprint density at radius 1 is 1.17 bits per heavy atom. The highest BCUT2D eigenvalue weighted by Crippen LogP contribution is 2.19. The fraction of sp³-hybridized carbons (Fsp3) is 0.312. The summed E-state index contributed by atoms with van der Waals surface area (Å²) in [5.74, 6) is -3.07. The lowest BCUT2D eigenvalue weighted by Gasteiger charge is -2.12. The third-order valence-corrected chi connectivity index (χ3v) is 2.70. The molecule has 0 aliphatic carbocycles. The van der Waals surface area contributed by atoms with Gasteiger partial charge in [0.15, 0.2) is 0 Å². The second kappa shape index (κ2) is 9.29. The topological polar surface area (TPSA) is 90.9 Å². The van der Waals surface area contributed by atoms with E-state index in [4.69, 9.17) is 9.47 Å². The number of benzene rings is 1. The third kappa shape index (κ3) is 5.38. The van der Waals surface area contributed by atoms with Crippen LogP contribution in [0.2, 0.25) is 0 Å². The number of esters is 3. The first kappa shape index (κ1) is 19.1. The molecule has 0 aliphatic heterocycles. The highest BCUT2D eigenvalue weighted by molar-refractivity contribution is 5.99. The zero-order chi connectivity index (χ0) is 18.1. The van der Waals surface area contributed by atoms with Crippen molar-refractivity contribution in [3.8, 4) is 0 Å². The number of nitrogens with one attached hydrogen (secondary N) is 1. The molecule has 0 fully saturated rings. The van der Waals surface area contributed by atoms with E-state index in [-0.39, 0.29) is 30.2 Å². The molecule has 0 saturated heterocycles. The minimum absolute atomic E-state index is 0.0609. The highest BCUT2D eigenvalue weighted by Gasteiger charge is 2.17. The van der Waals surface area contributed by atoms with E-state index in [1.165, 1.54) is 13.2 Å². The van der Waals surface area contributed by atoms with Crippen LogP contribution in [-0.2, 0) is 23.8 Å². The van der Waals surface area contributed by atoms with E-state index in [0.717, 1.165) is 18.2 Å². The van der Waals surface area contributed by atoms with Gasteiger partial charge in [0.2, 0.25) is 0 Å². The van der Waals surface area contributed by atoms with Gasteiger partial charge in [0.05, 0.1) is 37.7 Å². The first-order valence-electron chi connectivity index (χ1n) is 7.13. The van der Waals surface area contributed by atoms with Crippen molar-refractivity contribution >= 4 is 23.6 Å². The van der Waals surface area contributed by atoms with Crippen LogP contribution in [0.15, 0.2) is 30.0 Å². The van der Waals surface area contributed by atoms with Gasteiger partial charge in [-0.3, -0.25) is 0 Å². The normalized spacial score (nSPS) is 10.8. The van der Waals surface area contributed by atoms with Crippen molar-refractivity contribution in [2.75, 3.05) is 25.6 Å². The number of halogens is 1. The maximum absolute atomic E-state index is 13.9. The van der Waals surface area contributed by atoms with E-state index in [2.05, 4.69) is 10.1 Å². The van der Waals surface area contributed by atoms with Crippen molar-refractivity contribution in [3.63, 3.8) is 0 Å². The number of hydrogen-bond donors (Lipinski definition) is 1. The molecular weight excluding hydrogens is 321 g/mol. The number of ether oxygens (including phenoxy) is 3. The van der Waals surface area contributed by atoms with E-state index in [0.29, 0.717) is 0 Å². The SMILES string of the molecule is CCOC(=O)C=C(Nc1cc(C(=O)OC)ccc1F)C(=O)OCC. The van der Waals surface area contributed by atoms with Crippen LogP contribution in [0.3, 0.4) is 0 Å². The molecule has 0 spiro atoms. The van der Waals surface area contributed by atoms with Gasteiger partial charge in [-0.1, -0.05) is 0 Å². The smallest absolute Gasteiger partial charge is 0.355 e. The molecule has 0 amide bonds.